The van der Waals surface area contributed by atoms with Crippen molar-refractivity contribution in [3.05, 3.63) is 54.4 Å². The Morgan fingerprint density at radius 3 is 2.81 bits per heavy atom. The Balaban J connectivity index is 1.95. The maximum absolute atomic E-state index is 5.19. The lowest BCUT2D eigenvalue weighted by atomic mass is 10.3. The van der Waals surface area contributed by atoms with Gasteiger partial charge in [0.15, 0.2) is 5.11 Å². The molecule has 0 saturated heterocycles. The standard InChI is InChI=1S/C15H16N4OS/c1-11(14-8-3-4-9-16-14)18-19-15(21)17-12-6-5-7-13(10-12)20-2/h3-10H,1-2H3,(H2,17,19,21)/b18-11+. The molecule has 2 rings (SSSR count). The molecule has 1 aromatic heterocycles. The summed E-state index contributed by atoms with van der Waals surface area (Å²) in [5, 5.41) is 7.64. The number of benzene rings is 1. The number of nitrogens with zero attached hydrogens (tertiary/aromatic N) is 2. The van der Waals surface area contributed by atoms with Crippen LogP contribution in [0.25, 0.3) is 0 Å². The van der Waals surface area contributed by atoms with Crippen LogP contribution in [-0.2, 0) is 0 Å². The van der Waals surface area contributed by atoms with Crippen molar-refractivity contribution in [3.63, 3.8) is 0 Å². The summed E-state index contributed by atoms with van der Waals surface area (Å²) < 4.78 is 5.15. The summed E-state index contributed by atoms with van der Waals surface area (Å²) in [5.74, 6) is 0.760. The zero-order valence-electron chi connectivity index (χ0n) is 11.8. The fourth-order valence-corrected chi connectivity index (χ4v) is 1.79. The molecule has 2 aromatic rings. The molecule has 0 amide bonds. The highest BCUT2D eigenvalue weighted by Gasteiger charge is 2.00. The third-order valence-electron chi connectivity index (χ3n) is 2.69. The quantitative estimate of drug-likeness (QED) is 0.516. The Morgan fingerprint density at radius 1 is 1.24 bits per heavy atom. The van der Waals surface area contributed by atoms with Crippen molar-refractivity contribution in [3.8, 4) is 5.75 Å². The lowest BCUT2D eigenvalue weighted by Crippen LogP contribution is -2.25. The first-order valence-electron chi connectivity index (χ1n) is 6.36. The van der Waals surface area contributed by atoms with Gasteiger partial charge >= 0.3 is 0 Å². The molecule has 6 heteroatoms. The van der Waals surface area contributed by atoms with Gasteiger partial charge in [-0.25, -0.2) is 0 Å². The van der Waals surface area contributed by atoms with Gasteiger partial charge in [0, 0.05) is 18.0 Å². The van der Waals surface area contributed by atoms with Crippen molar-refractivity contribution in [2.24, 2.45) is 5.10 Å². The minimum absolute atomic E-state index is 0.401. The van der Waals surface area contributed by atoms with E-state index >= 15 is 0 Å². The molecule has 1 heterocycles. The summed E-state index contributed by atoms with van der Waals surface area (Å²) >= 11 is 5.19. The van der Waals surface area contributed by atoms with Gasteiger partial charge in [0.1, 0.15) is 5.75 Å². The van der Waals surface area contributed by atoms with E-state index in [4.69, 9.17) is 17.0 Å². The number of methoxy groups -OCH3 is 1. The fraction of sp³-hybridized carbons (Fsp3) is 0.133. The van der Waals surface area contributed by atoms with Gasteiger partial charge in [-0.1, -0.05) is 12.1 Å². The Bertz CT molecular complexity index is 643. The Labute approximate surface area is 129 Å². The van der Waals surface area contributed by atoms with Gasteiger partial charge in [0.25, 0.3) is 0 Å². The molecule has 0 aliphatic rings. The SMILES string of the molecule is COc1cccc(NC(=S)N/N=C(\C)c2ccccn2)c1. The molecule has 0 fully saturated rings. The Hall–Kier alpha value is -2.47. The number of pyridine rings is 1. The molecular weight excluding hydrogens is 284 g/mol. The highest BCUT2D eigenvalue weighted by Crippen LogP contribution is 2.16. The first kappa shape index (κ1) is 14.9. The van der Waals surface area contributed by atoms with Crippen molar-refractivity contribution >= 4 is 28.7 Å². The van der Waals surface area contributed by atoms with E-state index in [1.807, 2.05) is 49.4 Å². The second kappa shape index (κ2) is 7.35. The molecule has 0 spiro atoms. The summed E-state index contributed by atoms with van der Waals surface area (Å²) in [6.07, 6.45) is 1.72. The average Bonchev–Trinajstić information content (AvgIpc) is 2.53. The first-order valence-corrected chi connectivity index (χ1v) is 6.76. The number of nitrogens with one attached hydrogen (secondary N) is 2. The molecule has 5 nitrogen and oxygen atoms in total. The lowest BCUT2D eigenvalue weighted by molar-refractivity contribution is 0.415. The molecule has 0 atom stereocenters. The second-order valence-electron chi connectivity index (χ2n) is 4.21. The molecule has 1 aromatic carbocycles. The minimum atomic E-state index is 0.401. The smallest absolute Gasteiger partial charge is 0.191 e. The number of aromatic nitrogens is 1. The van der Waals surface area contributed by atoms with Crippen molar-refractivity contribution in [1.29, 1.82) is 0 Å². The van der Waals surface area contributed by atoms with Gasteiger partial charge in [0.05, 0.1) is 18.5 Å². The van der Waals surface area contributed by atoms with Crippen LogP contribution in [0.2, 0.25) is 0 Å². The van der Waals surface area contributed by atoms with Crippen molar-refractivity contribution in [2.45, 2.75) is 6.92 Å². The molecule has 0 aliphatic heterocycles. The van der Waals surface area contributed by atoms with Crippen molar-refractivity contribution in [2.75, 3.05) is 12.4 Å². The Kier molecular flexibility index (Phi) is 5.22. The number of hydrogen-bond acceptors (Lipinski definition) is 4. The van der Waals surface area contributed by atoms with Gasteiger partial charge in [-0.05, 0) is 43.4 Å². The molecule has 0 unspecified atom stereocenters. The summed E-state index contributed by atoms with van der Waals surface area (Å²) in [6.45, 7) is 1.86. The molecule has 0 bridgehead atoms. The number of ether oxygens (including phenoxy) is 1. The van der Waals surface area contributed by atoms with Crippen LogP contribution in [0.5, 0.6) is 5.75 Å². The number of rotatable bonds is 4. The van der Waals surface area contributed by atoms with E-state index in [1.54, 1.807) is 13.3 Å². The molecular formula is C15H16N4OS. The van der Waals surface area contributed by atoms with Crippen LogP contribution in [-0.4, -0.2) is 22.9 Å². The average molecular weight is 300 g/mol. The highest BCUT2D eigenvalue weighted by atomic mass is 32.1. The minimum Gasteiger partial charge on any atom is -0.497 e. The predicted octanol–water partition coefficient (Wildman–Crippen LogP) is 2.80. The molecule has 0 saturated carbocycles. The lowest BCUT2D eigenvalue weighted by Gasteiger charge is -2.09. The number of hydrogen-bond donors (Lipinski definition) is 2. The zero-order valence-corrected chi connectivity index (χ0v) is 12.6. The van der Waals surface area contributed by atoms with Crippen LogP contribution in [0.1, 0.15) is 12.6 Å². The number of hydrazone groups is 1. The molecule has 2 N–H and O–H groups in total. The zero-order chi connectivity index (χ0) is 15.1. The van der Waals surface area contributed by atoms with E-state index in [1.165, 1.54) is 0 Å². The normalized spacial score (nSPS) is 10.9. The van der Waals surface area contributed by atoms with Crippen molar-refractivity contribution < 1.29 is 4.74 Å². The van der Waals surface area contributed by atoms with E-state index < -0.39 is 0 Å². The fourth-order valence-electron chi connectivity index (χ4n) is 1.63. The molecule has 21 heavy (non-hydrogen) atoms. The molecule has 0 radical (unpaired) electrons. The maximum Gasteiger partial charge on any atom is 0.191 e. The van der Waals surface area contributed by atoms with Crippen molar-refractivity contribution in [1.82, 2.24) is 10.4 Å². The number of thiocarbonyl (C=S) groups is 1. The van der Waals surface area contributed by atoms with E-state index in [0.29, 0.717) is 5.11 Å². The third kappa shape index (κ3) is 4.54. The maximum atomic E-state index is 5.19. The van der Waals surface area contributed by atoms with Crippen LogP contribution >= 0.6 is 12.2 Å². The predicted molar refractivity (Wildman–Crippen MR) is 88.8 cm³/mol. The summed E-state index contributed by atoms with van der Waals surface area (Å²) in [7, 11) is 1.62. The van der Waals surface area contributed by atoms with Crippen LogP contribution < -0.4 is 15.5 Å². The first-order chi connectivity index (χ1) is 10.2. The summed E-state index contributed by atoms with van der Waals surface area (Å²) in [5.41, 5.74) is 5.18. The van der Waals surface area contributed by atoms with E-state index in [9.17, 15) is 0 Å². The van der Waals surface area contributed by atoms with Crippen LogP contribution in [0.4, 0.5) is 5.69 Å². The van der Waals surface area contributed by atoms with E-state index in [0.717, 1.165) is 22.8 Å². The monoisotopic (exact) mass is 300 g/mol. The van der Waals surface area contributed by atoms with E-state index in [-0.39, 0.29) is 0 Å². The highest BCUT2D eigenvalue weighted by molar-refractivity contribution is 7.80. The van der Waals surface area contributed by atoms with Gasteiger partial charge in [-0.2, -0.15) is 5.10 Å². The summed E-state index contributed by atoms with van der Waals surface area (Å²) in [4.78, 5) is 4.21. The van der Waals surface area contributed by atoms with Gasteiger partial charge < -0.3 is 10.1 Å². The molecule has 108 valence electrons. The van der Waals surface area contributed by atoms with Gasteiger partial charge in [0.2, 0.25) is 0 Å². The van der Waals surface area contributed by atoms with E-state index in [2.05, 4.69) is 20.8 Å². The van der Waals surface area contributed by atoms with Crippen LogP contribution in [0, 0.1) is 0 Å². The van der Waals surface area contributed by atoms with Crippen LogP contribution in [0.3, 0.4) is 0 Å². The molecule has 0 aliphatic carbocycles. The summed E-state index contributed by atoms with van der Waals surface area (Å²) in [6, 6.07) is 13.2. The Morgan fingerprint density at radius 2 is 2.10 bits per heavy atom. The van der Waals surface area contributed by atoms with Crippen LogP contribution in [0.15, 0.2) is 53.8 Å². The van der Waals surface area contributed by atoms with Gasteiger partial charge in [-0.3, -0.25) is 10.4 Å². The third-order valence-corrected chi connectivity index (χ3v) is 2.88. The topological polar surface area (TPSA) is 58.5 Å². The second-order valence-corrected chi connectivity index (χ2v) is 4.62. The number of anilines is 1. The van der Waals surface area contributed by atoms with Gasteiger partial charge in [-0.15, -0.1) is 0 Å². The largest absolute Gasteiger partial charge is 0.497 e.